The molecule has 4 rings (SSSR count). The average molecular weight is 489 g/mol. The van der Waals surface area contributed by atoms with Crippen LogP contribution >= 0.6 is 23.2 Å². The van der Waals surface area contributed by atoms with Gasteiger partial charge in [-0.1, -0.05) is 41.4 Å². The normalized spacial score (nSPS) is 16.8. The molecule has 176 valence electrons. The van der Waals surface area contributed by atoms with E-state index in [0.29, 0.717) is 29.7 Å². The van der Waals surface area contributed by atoms with Crippen LogP contribution < -0.4 is 4.90 Å². The SMILES string of the molecule is CN(c1nc2ccccc2n1Cc1ccc(Cl)c(Cl)c1)C1CCCN(C(=O)OC(C)(C)C)C1. The number of anilines is 1. The molecule has 8 heteroatoms. The Bertz CT molecular complexity index is 1160. The third-order valence-electron chi connectivity index (χ3n) is 5.87. The van der Waals surface area contributed by atoms with Gasteiger partial charge in [0.2, 0.25) is 5.95 Å². The molecule has 2 aromatic carbocycles. The van der Waals surface area contributed by atoms with E-state index in [0.717, 1.165) is 35.4 Å². The van der Waals surface area contributed by atoms with Crippen LogP contribution in [0.2, 0.25) is 10.0 Å². The summed E-state index contributed by atoms with van der Waals surface area (Å²) in [4.78, 5) is 21.6. The van der Waals surface area contributed by atoms with Gasteiger partial charge in [-0.15, -0.1) is 0 Å². The van der Waals surface area contributed by atoms with Gasteiger partial charge in [-0.2, -0.15) is 0 Å². The Kier molecular flexibility index (Phi) is 6.78. The number of benzene rings is 2. The van der Waals surface area contributed by atoms with E-state index in [1.54, 1.807) is 0 Å². The lowest BCUT2D eigenvalue weighted by Crippen LogP contribution is -2.50. The fourth-order valence-electron chi connectivity index (χ4n) is 4.23. The third-order valence-corrected chi connectivity index (χ3v) is 6.61. The summed E-state index contributed by atoms with van der Waals surface area (Å²) in [6.07, 6.45) is 1.64. The standard InChI is InChI=1S/C25H30Cl2N4O2/c1-25(2,3)33-24(32)30-13-7-8-18(16-30)29(4)23-28-21-9-5-6-10-22(21)31(23)15-17-11-12-19(26)20(27)14-17/h5-6,9-12,14,18H,7-8,13,15-16H2,1-4H3. The van der Waals surface area contributed by atoms with Gasteiger partial charge in [-0.25, -0.2) is 9.78 Å². The van der Waals surface area contributed by atoms with Crippen LogP contribution in [0.5, 0.6) is 0 Å². The minimum atomic E-state index is -0.510. The predicted octanol–water partition coefficient (Wildman–Crippen LogP) is 6.23. The maximum absolute atomic E-state index is 12.7. The van der Waals surface area contributed by atoms with Crippen molar-refractivity contribution in [2.75, 3.05) is 25.0 Å². The van der Waals surface area contributed by atoms with Crippen molar-refractivity contribution in [1.29, 1.82) is 0 Å². The van der Waals surface area contributed by atoms with Crippen molar-refractivity contribution in [3.63, 3.8) is 0 Å². The number of hydrogen-bond donors (Lipinski definition) is 0. The van der Waals surface area contributed by atoms with Crippen LogP contribution in [-0.4, -0.2) is 52.3 Å². The smallest absolute Gasteiger partial charge is 0.410 e. The van der Waals surface area contributed by atoms with Gasteiger partial charge in [-0.05, 0) is 63.4 Å². The third kappa shape index (κ3) is 5.39. The zero-order chi connectivity index (χ0) is 23.8. The summed E-state index contributed by atoms with van der Waals surface area (Å²) in [5.41, 5.74) is 2.51. The highest BCUT2D eigenvalue weighted by Gasteiger charge is 2.31. The molecule has 2 heterocycles. The highest BCUT2D eigenvalue weighted by Crippen LogP contribution is 2.29. The largest absolute Gasteiger partial charge is 0.444 e. The fourth-order valence-corrected chi connectivity index (χ4v) is 4.56. The zero-order valence-corrected chi connectivity index (χ0v) is 21.0. The van der Waals surface area contributed by atoms with Gasteiger partial charge in [0, 0.05) is 26.2 Å². The number of rotatable bonds is 4. The van der Waals surface area contributed by atoms with E-state index in [1.165, 1.54) is 0 Å². The first-order chi connectivity index (χ1) is 15.6. The van der Waals surface area contributed by atoms with Crippen molar-refractivity contribution < 1.29 is 9.53 Å². The Balaban J connectivity index is 1.62. The van der Waals surface area contributed by atoms with E-state index in [4.69, 9.17) is 32.9 Å². The Morgan fingerprint density at radius 1 is 1.18 bits per heavy atom. The Morgan fingerprint density at radius 2 is 1.94 bits per heavy atom. The molecule has 1 unspecified atom stereocenters. The molecule has 0 radical (unpaired) electrons. The van der Waals surface area contributed by atoms with E-state index in [-0.39, 0.29) is 12.1 Å². The molecule has 0 bridgehead atoms. The lowest BCUT2D eigenvalue weighted by atomic mass is 10.1. The number of carbonyl (C=O) groups is 1. The number of likely N-dealkylation sites (N-methyl/N-ethyl adjacent to an activating group) is 1. The molecule has 0 aliphatic carbocycles. The molecule has 1 aliphatic rings. The summed E-state index contributed by atoms with van der Waals surface area (Å²) in [6.45, 7) is 7.59. The van der Waals surface area contributed by atoms with Crippen molar-refractivity contribution in [3.05, 3.63) is 58.1 Å². The summed E-state index contributed by atoms with van der Waals surface area (Å²) in [5, 5.41) is 1.08. The van der Waals surface area contributed by atoms with Gasteiger partial charge in [0.25, 0.3) is 0 Å². The fraction of sp³-hybridized carbons (Fsp3) is 0.440. The molecule has 1 atom stereocenters. The Hall–Kier alpha value is -2.44. The number of ether oxygens (including phenoxy) is 1. The van der Waals surface area contributed by atoms with E-state index in [9.17, 15) is 4.79 Å². The topological polar surface area (TPSA) is 50.6 Å². The molecular formula is C25H30Cl2N4O2. The maximum atomic E-state index is 12.7. The summed E-state index contributed by atoms with van der Waals surface area (Å²) in [5.74, 6) is 0.860. The van der Waals surface area contributed by atoms with Crippen LogP contribution in [-0.2, 0) is 11.3 Å². The molecular weight excluding hydrogens is 459 g/mol. The summed E-state index contributed by atoms with van der Waals surface area (Å²) in [7, 11) is 2.05. The minimum Gasteiger partial charge on any atom is -0.444 e. The number of para-hydroxylation sites is 2. The highest BCUT2D eigenvalue weighted by atomic mass is 35.5. The zero-order valence-electron chi connectivity index (χ0n) is 19.5. The molecule has 1 saturated heterocycles. The van der Waals surface area contributed by atoms with Gasteiger partial charge in [0.05, 0.1) is 27.6 Å². The van der Waals surface area contributed by atoms with E-state index in [2.05, 4.69) is 22.6 Å². The molecule has 1 aliphatic heterocycles. The first-order valence-electron chi connectivity index (χ1n) is 11.2. The number of hydrogen-bond acceptors (Lipinski definition) is 4. The number of likely N-dealkylation sites (tertiary alicyclic amines) is 1. The molecule has 33 heavy (non-hydrogen) atoms. The number of nitrogens with zero attached hydrogens (tertiary/aromatic N) is 4. The number of amides is 1. The second-order valence-electron chi connectivity index (χ2n) is 9.57. The van der Waals surface area contributed by atoms with Gasteiger partial charge in [0.15, 0.2) is 0 Å². The highest BCUT2D eigenvalue weighted by molar-refractivity contribution is 6.42. The van der Waals surface area contributed by atoms with Crippen molar-refractivity contribution in [1.82, 2.24) is 14.5 Å². The molecule has 0 saturated carbocycles. The number of fused-ring (bicyclic) bond motifs is 1. The monoisotopic (exact) mass is 488 g/mol. The number of aromatic nitrogens is 2. The Morgan fingerprint density at radius 3 is 2.67 bits per heavy atom. The lowest BCUT2D eigenvalue weighted by Gasteiger charge is -2.38. The summed E-state index contributed by atoms with van der Waals surface area (Å²) < 4.78 is 7.80. The number of imidazole rings is 1. The summed E-state index contributed by atoms with van der Waals surface area (Å²) in [6, 6.07) is 13.9. The average Bonchev–Trinajstić information content (AvgIpc) is 3.13. The maximum Gasteiger partial charge on any atom is 0.410 e. The van der Waals surface area contributed by atoms with Crippen LogP contribution in [0.4, 0.5) is 10.7 Å². The number of piperidine rings is 1. The summed E-state index contributed by atoms with van der Waals surface area (Å²) >= 11 is 12.4. The first-order valence-corrected chi connectivity index (χ1v) is 12.0. The van der Waals surface area contributed by atoms with Gasteiger partial charge < -0.3 is 19.1 Å². The van der Waals surface area contributed by atoms with Gasteiger partial charge in [0.1, 0.15) is 5.60 Å². The van der Waals surface area contributed by atoms with Crippen LogP contribution in [0.3, 0.4) is 0 Å². The minimum absolute atomic E-state index is 0.135. The molecule has 1 fully saturated rings. The van der Waals surface area contributed by atoms with Crippen LogP contribution in [0.25, 0.3) is 11.0 Å². The van der Waals surface area contributed by atoms with Crippen LogP contribution in [0.1, 0.15) is 39.2 Å². The lowest BCUT2D eigenvalue weighted by molar-refractivity contribution is 0.0199. The van der Waals surface area contributed by atoms with Crippen molar-refractivity contribution >= 4 is 46.3 Å². The molecule has 1 aromatic heterocycles. The van der Waals surface area contributed by atoms with Gasteiger partial charge in [-0.3, -0.25) is 0 Å². The van der Waals surface area contributed by atoms with Crippen molar-refractivity contribution in [3.8, 4) is 0 Å². The van der Waals surface area contributed by atoms with Crippen molar-refractivity contribution in [2.24, 2.45) is 0 Å². The predicted molar refractivity (Wildman–Crippen MR) is 135 cm³/mol. The quantitative estimate of drug-likeness (QED) is 0.436. The second kappa shape index (κ2) is 9.43. The molecule has 1 amide bonds. The number of carbonyl (C=O) groups excluding carboxylic acids is 1. The van der Waals surface area contributed by atoms with E-state index < -0.39 is 5.60 Å². The molecule has 0 N–H and O–H groups in total. The molecule has 6 nitrogen and oxygen atoms in total. The van der Waals surface area contributed by atoms with Gasteiger partial charge >= 0.3 is 6.09 Å². The van der Waals surface area contributed by atoms with E-state index >= 15 is 0 Å². The Labute approximate surface area is 205 Å². The molecule has 0 spiro atoms. The number of halogens is 2. The van der Waals surface area contributed by atoms with Crippen LogP contribution in [0, 0.1) is 0 Å². The van der Waals surface area contributed by atoms with Crippen LogP contribution in [0.15, 0.2) is 42.5 Å². The molecule has 3 aromatic rings. The van der Waals surface area contributed by atoms with E-state index in [1.807, 2.05) is 62.1 Å². The first kappa shape index (κ1) is 23.7. The second-order valence-corrected chi connectivity index (χ2v) is 10.4. The van der Waals surface area contributed by atoms with Crippen molar-refractivity contribution in [2.45, 2.75) is 51.8 Å².